The van der Waals surface area contributed by atoms with Crippen molar-refractivity contribution in [2.45, 2.75) is 12.8 Å². The summed E-state index contributed by atoms with van der Waals surface area (Å²) in [6.07, 6.45) is 1.71. The van der Waals surface area contributed by atoms with Crippen LogP contribution < -0.4 is 0 Å². The molecule has 0 bridgehead atoms. The van der Waals surface area contributed by atoms with E-state index in [1.54, 1.807) is 12.3 Å². The van der Waals surface area contributed by atoms with Gasteiger partial charge in [-0.15, -0.1) is 11.6 Å². The third kappa shape index (κ3) is 2.66. The number of aromatic nitrogens is 3. The summed E-state index contributed by atoms with van der Waals surface area (Å²) in [5.74, 6) is 0.912. The zero-order valence-corrected chi connectivity index (χ0v) is 14.7. The number of aryl methyl sites for hydroxylation is 1. The molecule has 3 rings (SSSR count). The first-order chi connectivity index (χ1) is 10.0. The Morgan fingerprint density at radius 1 is 1.19 bits per heavy atom. The molecule has 2 heterocycles. The van der Waals surface area contributed by atoms with Gasteiger partial charge in [0.15, 0.2) is 5.65 Å². The maximum atomic E-state index is 6.37. The number of benzene rings is 1. The summed E-state index contributed by atoms with van der Waals surface area (Å²) < 4.78 is 2.69. The van der Waals surface area contributed by atoms with Crippen LogP contribution >= 0.6 is 50.7 Å². The van der Waals surface area contributed by atoms with Crippen LogP contribution in [0.5, 0.6) is 0 Å². The summed E-state index contributed by atoms with van der Waals surface area (Å²) in [7, 11) is 0. The molecule has 0 N–H and O–H groups in total. The monoisotopic (exact) mass is 403 g/mol. The Balaban J connectivity index is 2.36. The molecule has 0 radical (unpaired) electrons. The SMILES string of the molecule is Cc1cc(Cl)c(-n2c(CCl)nc3cc(Br)cnc32)cc1Cl. The maximum Gasteiger partial charge on any atom is 0.164 e. The van der Waals surface area contributed by atoms with Crippen LogP contribution in [0.4, 0.5) is 0 Å². The Morgan fingerprint density at radius 2 is 1.95 bits per heavy atom. The molecule has 2 aromatic heterocycles. The van der Waals surface area contributed by atoms with E-state index in [-0.39, 0.29) is 5.88 Å². The van der Waals surface area contributed by atoms with Crippen molar-refractivity contribution in [3.63, 3.8) is 0 Å². The molecule has 3 aromatic rings. The average molecular weight is 406 g/mol. The van der Waals surface area contributed by atoms with Crippen molar-refractivity contribution in [3.8, 4) is 5.69 Å². The van der Waals surface area contributed by atoms with E-state index in [1.807, 2.05) is 23.6 Å². The largest absolute Gasteiger partial charge is 0.278 e. The third-order valence-corrected chi connectivity index (χ3v) is 4.50. The predicted octanol–water partition coefficient (Wildman–Crippen LogP) is 5.54. The lowest BCUT2D eigenvalue weighted by atomic mass is 10.2. The number of alkyl halides is 1. The number of imidazole rings is 1. The molecule has 3 nitrogen and oxygen atoms in total. The van der Waals surface area contributed by atoms with Gasteiger partial charge >= 0.3 is 0 Å². The van der Waals surface area contributed by atoms with Crippen LogP contribution in [0.1, 0.15) is 11.4 Å². The van der Waals surface area contributed by atoms with E-state index in [4.69, 9.17) is 34.8 Å². The Labute approximate surface area is 145 Å². The molecule has 108 valence electrons. The van der Waals surface area contributed by atoms with Crippen molar-refractivity contribution in [1.82, 2.24) is 14.5 Å². The minimum atomic E-state index is 0.246. The second-order valence-electron chi connectivity index (χ2n) is 4.55. The van der Waals surface area contributed by atoms with Crippen LogP contribution in [0.2, 0.25) is 10.0 Å². The van der Waals surface area contributed by atoms with Gasteiger partial charge < -0.3 is 0 Å². The van der Waals surface area contributed by atoms with E-state index in [0.717, 1.165) is 21.2 Å². The maximum absolute atomic E-state index is 6.37. The van der Waals surface area contributed by atoms with E-state index < -0.39 is 0 Å². The first-order valence-electron chi connectivity index (χ1n) is 6.06. The third-order valence-electron chi connectivity index (χ3n) is 3.12. The molecule has 7 heteroatoms. The van der Waals surface area contributed by atoms with E-state index in [9.17, 15) is 0 Å². The molecule has 0 saturated carbocycles. The van der Waals surface area contributed by atoms with Gasteiger partial charge in [-0.2, -0.15) is 0 Å². The molecule has 21 heavy (non-hydrogen) atoms. The standard InChI is InChI=1S/C14H9BrCl3N3/c1-7-2-10(18)12(4-9(7)17)21-13(5-16)20-11-3-8(15)6-19-14(11)21/h2-4,6H,5H2,1H3. The van der Waals surface area contributed by atoms with Gasteiger partial charge in [0.05, 0.1) is 16.6 Å². The van der Waals surface area contributed by atoms with Crippen LogP contribution in [0.3, 0.4) is 0 Å². The minimum Gasteiger partial charge on any atom is -0.278 e. The van der Waals surface area contributed by atoms with Crippen LogP contribution in [0.25, 0.3) is 16.9 Å². The second kappa shape index (κ2) is 5.76. The smallest absolute Gasteiger partial charge is 0.164 e. The molecule has 0 aliphatic carbocycles. The van der Waals surface area contributed by atoms with Crippen molar-refractivity contribution in [2.24, 2.45) is 0 Å². The van der Waals surface area contributed by atoms with Crippen molar-refractivity contribution < 1.29 is 0 Å². The van der Waals surface area contributed by atoms with Gasteiger partial charge in [-0.05, 0) is 46.6 Å². The minimum absolute atomic E-state index is 0.246. The van der Waals surface area contributed by atoms with Gasteiger partial charge in [-0.3, -0.25) is 4.57 Å². The summed E-state index contributed by atoms with van der Waals surface area (Å²) in [5.41, 5.74) is 3.07. The number of rotatable bonds is 2. The van der Waals surface area contributed by atoms with Crippen molar-refractivity contribution in [1.29, 1.82) is 0 Å². The first kappa shape index (κ1) is 15.1. The molecule has 0 aliphatic heterocycles. The summed E-state index contributed by atoms with van der Waals surface area (Å²) in [6.45, 7) is 1.90. The fraction of sp³-hybridized carbons (Fsp3) is 0.143. The summed E-state index contributed by atoms with van der Waals surface area (Å²) >= 11 is 22.0. The molecule has 0 unspecified atom stereocenters. The van der Waals surface area contributed by atoms with E-state index >= 15 is 0 Å². The summed E-state index contributed by atoms with van der Waals surface area (Å²) in [6, 6.07) is 5.51. The van der Waals surface area contributed by atoms with E-state index in [2.05, 4.69) is 25.9 Å². The number of hydrogen-bond donors (Lipinski definition) is 0. The van der Waals surface area contributed by atoms with Crippen LogP contribution in [-0.2, 0) is 5.88 Å². The van der Waals surface area contributed by atoms with Gasteiger partial charge in [-0.25, -0.2) is 9.97 Å². The molecule has 0 aliphatic rings. The van der Waals surface area contributed by atoms with Gasteiger partial charge in [0.1, 0.15) is 11.3 Å². The number of pyridine rings is 1. The van der Waals surface area contributed by atoms with E-state index in [0.29, 0.717) is 21.5 Å². The Hall–Kier alpha value is -0.810. The zero-order chi connectivity index (χ0) is 15.1. The molecule has 0 spiro atoms. The normalized spacial score (nSPS) is 11.3. The van der Waals surface area contributed by atoms with Crippen LogP contribution in [0.15, 0.2) is 28.9 Å². The number of fused-ring (bicyclic) bond motifs is 1. The molecular weight excluding hydrogens is 396 g/mol. The van der Waals surface area contributed by atoms with E-state index in [1.165, 1.54) is 0 Å². The van der Waals surface area contributed by atoms with Gasteiger partial charge in [0.2, 0.25) is 0 Å². The van der Waals surface area contributed by atoms with Crippen molar-refractivity contribution in [3.05, 3.63) is 50.3 Å². The number of halogens is 4. The predicted molar refractivity (Wildman–Crippen MR) is 90.9 cm³/mol. The molecule has 0 fully saturated rings. The average Bonchev–Trinajstić information content (AvgIpc) is 2.80. The highest BCUT2D eigenvalue weighted by atomic mass is 79.9. The first-order valence-corrected chi connectivity index (χ1v) is 8.14. The lowest BCUT2D eigenvalue weighted by Gasteiger charge is -2.11. The molecular formula is C14H9BrCl3N3. The van der Waals surface area contributed by atoms with Crippen molar-refractivity contribution in [2.75, 3.05) is 0 Å². The van der Waals surface area contributed by atoms with Crippen LogP contribution in [0, 0.1) is 6.92 Å². The Bertz CT molecular complexity index is 845. The fourth-order valence-electron chi connectivity index (χ4n) is 2.14. The number of hydrogen-bond acceptors (Lipinski definition) is 2. The lowest BCUT2D eigenvalue weighted by molar-refractivity contribution is 0.969. The highest BCUT2D eigenvalue weighted by molar-refractivity contribution is 9.10. The highest BCUT2D eigenvalue weighted by Gasteiger charge is 2.16. The quantitative estimate of drug-likeness (QED) is 0.524. The van der Waals surface area contributed by atoms with Crippen LogP contribution in [-0.4, -0.2) is 14.5 Å². The molecule has 0 atom stereocenters. The highest BCUT2D eigenvalue weighted by Crippen LogP contribution is 2.31. The Morgan fingerprint density at radius 3 is 2.67 bits per heavy atom. The Kier molecular flexibility index (Phi) is 4.14. The summed E-state index contributed by atoms with van der Waals surface area (Å²) in [5, 5.41) is 1.21. The van der Waals surface area contributed by atoms with Crippen molar-refractivity contribution >= 4 is 61.9 Å². The second-order valence-corrected chi connectivity index (χ2v) is 6.54. The van der Waals surface area contributed by atoms with Gasteiger partial charge in [0.25, 0.3) is 0 Å². The molecule has 0 saturated heterocycles. The summed E-state index contributed by atoms with van der Waals surface area (Å²) in [4.78, 5) is 8.91. The number of nitrogens with zero attached hydrogens (tertiary/aromatic N) is 3. The van der Waals surface area contributed by atoms with Gasteiger partial charge in [-0.1, -0.05) is 23.2 Å². The molecule has 0 amide bonds. The lowest BCUT2D eigenvalue weighted by Crippen LogP contribution is -2.01. The fourth-order valence-corrected chi connectivity index (χ4v) is 3.10. The zero-order valence-electron chi connectivity index (χ0n) is 10.9. The molecule has 1 aromatic carbocycles. The van der Waals surface area contributed by atoms with Gasteiger partial charge in [0, 0.05) is 15.7 Å². The topological polar surface area (TPSA) is 30.7 Å².